The summed E-state index contributed by atoms with van der Waals surface area (Å²) < 4.78 is 22.2. The van der Waals surface area contributed by atoms with Gasteiger partial charge in [0.15, 0.2) is 5.82 Å². The number of nitrogens with one attached hydrogen (secondary N) is 2. The van der Waals surface area contributed by atoms with E-state index >= 15 is 0 Å². The smallest absolute Gasteiger partial charge is 0.229 e. The van der Waals surface area contributed by atoms with E-state index in [2.05, 4.69) is 29.4 Å². The van der Waals surface area contributed by atoms with Crippen molar-refractivity contribution in [2.24, 2.45) is 11.8 Å². The van der Waals surface area contributed by atoms with E-state index in [-0.39, 0.29) is 11.7 Å². The van der Waals surface area contributed by atoms with Gasteiger partial charge < -0.3 is 5.32 Å². The van der Waals surface area contributed by atoms with Gasteiger partial charge in [0.2, 0.25) is 5.91 Å². The zero-order valence-corrected chi connectivity index (χ0v) is 12.5. The molecule has 0 aliphatic carbocycles. The summed E-state index contributed by atoms with van der Waals surface area (Å²) in [5.41, 5.74) is 0.945. The molecule has 6 nitrogen and oxygen atoms in total. The Bertz CT molecular complexity index is 534. The van der Waals surface area contributed by atoms with Gasteiger partial charge in [-0.3, -0.25) is 9.89 Å². The lowest BCUT2D eigenvalue weighted by molar-refractivity contribution is -0.118. The summed E-state index contributed by atoms with van der Waals surface area (Å²) in [7, 11) is -3.16. The average Bonchev–Trinajstić information content (AvgIpc) is 2.61. The number of nitrogens with zero attached hydrogens (tertiary/aromatic N) is 1. The number of carbonyl (C=O) groups is 1. The Kier molecular flexibility index (Phi) is 5.11. The van der Waals surface area contributed by atoms with Gasteiger partial charge in [0.25, 0.3) is 0 Å². The van der Waals surface area contributed by atoms with Crippen molar-refractivity contribution in [3.05, 3.63) is 11.8 Å². The second kappa shape index (κ2) is 6.18. The molecule has 1 amide bonds. The molecule has 1 aromatic rings. The van der Waals surface area contributed by atoms with Crippen molar-refractivity contribution in [2.75, 3.05) is 17.3 Å². The molecule has 1 aromatic heterocycles. The van der Waals surface area contributed by atoms with Crippen LogP contribution in [0.1, 0.15) is 26.5 Å². The van der Waals surface area contributed by atoms with E-state index < -0.39 is 15.8 Å². The van der Waals surface area contributed by atoms with E-state index in [1.54, 1.807) is 13.0 Å². The largest absolute Gasteiger partial charge is 0.309 e. The van der Waals surface area contributed by atoms with Gasteiger partial charge >= 0.3 is 0 Å². The topological polar surface area (TPSA) is 91.9 Å². The van der Waals surface area contributed by atoms with Crippen LogP contribution in [0.2, 0.25) is 0 Å². The van der Waals surface area contributed by atoms with Crippen molar-refractivity contribution < 1.29 is 13.2 Å². The highest BCUT2D eigenvalue weighted by Gasteiger charge is 2.19. The van der Waals surface area contributed by atoms with Crippen LogP contribution in [0.15, 0.2) is 6.07 Å². The molecule has 19 heavy (non-hydrogen) atoms. The van der Waals surface area contributed by atoms with Gasteiger partial charge in [-0.1, -0.05) is 20.8 Å². The number of H-pyrrole nitrogens is 1. The summed E-state index contributed by atoms with van der Waals surface area (Å²) in [6.45, 7) is 5.76. The van der Waals surface area contributed by atoms with Gasteiger partial charge in [0.05, 0.1) is 5.75 Å². The third-order valence-corrected chi connectivity index (χ3v) is 3.62. The van der Waals surface area contributed by atoms with Gasteiger partial charge in [-0.15, -0.1) is 0 Å². The van der Waals surface area contributed by atoms with Crippen molar-refractivity contribution in [1.29, 1.82) is 0 Å². The van der Waals surface area contributed by atoms with Crippen molar-refractivity contribution in [2.45, 2.75) is 27.2 Å². The molecule has 0 fully saturated rings. The molecule has 0 aliphatic rings. The highest BCUT2D eigenvalue weighted by Crippen LogP contribution is 2.11. The molecule has 1 atom stereocenters. The van der Waals surface area contributed by atoms with Crippen LogP contribution in [-0.4, -0.2) is 36.5 Å². The van der Waals surface area contributed by atoms with E-state index in [4.69, 9.17) is 0 Å². The Hall–Kier alpha value is -1.37. The maximum absolute atomic E-state index is 11.8. The van der Waals surface area contributed by atoms with Crippen LogP contribution in [0.25, 0.3) is 0 Å². The summed E-state index contributed by atoms with van der Waals surface area (Å²) in [6, 6.07) is 1.77. The van der Waals surface area contributed by atoms with E-state index in [9.17, 15) is 13.2 Å². The maximum atomic E-state index is 11.8. The number of hydrogen-bond donors (Lipinski definition) is 2. The van der Waals surface area contributed by atoms with Crippen molar-refractivity contribution in [3.8, 4) is 0 Å². The van der Waals surface area contributed by atoms with Crippen LogP contribution in [-0.2, 0) is 21.1 Å². The van der Waals surface area contributed by atoms with Crippen LogP contribution in [0, 0.1) is 11.8 Å². The Morgan fingerprint density at radius 2 is 2.05 bits per heavy atom. The molecule has 0 saturated heterocycles. The standard InChI is InChI=1S/C12H21N3O3S/c1-8(2)5-10-6-11(15-14-10)13-12(16)9(3)7-19(4,17)18/h6,8-9H,5,7H2,1-4H3,(H2,13,14,15,16). The molecule has 1 unspecified atom stereocenters. The average molecular weight is 287 g/mol. The summed E-state index contributed by atoms with van der Waals surface area (Å²) in [5, 5.41) is 9.44. The lowest BCUT2D eigenvalue weighted by Gasteiger charge is -2.08. The molecule has 1 rings (SSSR count). The van der Waals surface area contributed by atoms with Gasteiger partial charge in [-0.25, -0.2) is 8.42 Å². The molecule has 0 aliphatic heterocycles. The zero-order valence-electron chi connectivity index (χ0n) is 11.7. The van der Waals surface area contributed by atoms with E-state index in [0.717, 1.165) is 18.4 Å². The molecule has 2 N–H and O–H groups in total. The number of rotatable bonds is 6. The first-order chi connectivity index (χ1) is 8.67. The SMILES string of the molecule is CC(C)Cc1cc(NC(=O)C(C)CS(C)(=O)=O)n[nH]1. The lowest BCUT2D eigenvalue weighted by Crippen LogP contribution is -2.26. The van der Waals surface area contributed by atoms with Crippen LogP contribution in [0.4, 0.5) is 5.82 Å². The van der Waals surface area contributed by atoms with Crippen molar-refractivity contribution >= 4 is 21.6 Å². The van der Waals surface area contributed by atoms with E-state index in [1.807, 2.05) is 0 Å². The van der Waals surface area contributed by atoms with Crippen LogP contribution >= 0.6 is 0 Å². The van der Waals surface area contributed by atoms with Crippen LogP contribution in [0.3, 0.4) is 0 Å². The number of carbonyl (C=O) groups excluding carboxylic acids is 1. The Balaban J connectivity index is 2.59. The molecule has 0 radical (unpaired) electrons. The predicted octanol–water partition coefficient (Wildman–Crippen LogP) is 1.23. The number of aromatic amines is 1. The molecule has 1 heterocycles. The minimum atomic E-state index is -3.16. The quantitative estimate of drug-likeness (QED) is 0.823. The molecule has 0 aromatic carbocycles. The first-order valence-electron chi connectivity index (χ1n) is 6.20. The van der Waals surface area contributed by atoms with Gasteiger partial charge in [-0.2, -0.15) is 5.10 Å². The fourth-order valence-electron chi connectivity index (χ4n) is 1.75. The number of anilines is 1. The molecule has 108 valence electrons. The fraction of sp³-hybridized carbons (Fsp3) is 0.667. The zero-order chi connectivity index (χ0) is 14.6. The number of hydrogen-bond acceptors (Lipinski definition) is 4. The fourth-order valence-corrected chi connectivity index (χ4v) is 2.81. The summed E-state index contributed by atoms with van der Waals surface area (Å²) in [6.07, 6.45) is 1.97. The highest BCUT2D eigenvalue weighted by atomic mass is 32.2. The molecule has 7 heteroatoms. The first kappa shape index (κ1) is 15.7. The summed E-state index contributed by atoms with van der Waals surface area (Å²) in [4.78, 5) is 11.8. The van der Waals surface area contributed by atoms with E-state index in [1.165, 1.54) is 0 Å². The van der Waals surface area contributed by atoms with Crippen LogP contribution < -0.4 is 5.32 Å². The minimum Gasteiger partial charge on any atom is -0.309 e. The second-order valence-corrected chi connectivity index (χ2v) is 7.54. The second-order valence-electron chi connectivity index (χ2n) is 5.36. The maximum Gasteiger partial charge on any atom is 0.229 e. The lowest BCUT2D eigenvalue weighted by atomic mass is 10.1. The van der Waals surface area contributed by atoms with Crippen LogP contribution in [0.5, 0.6) is 0 Å². The number of sulfone groups is 1. The molecule has 0 spiro atoms. The number of amides is 1. The van der Waals surface area contributed by atoms with E-state index in [0.29, 0.717) is 11.7 Å². The third-order valence-electron chi connectivity index (χ3n) is 2.51. The first-order valence-corrected chi connectivity index (χ1v) is 8.26. The van der Waals surface area contributed by atoms with Gasteiger partial charge in [0, 0.05) is 23.9 Å². The Labute approximate surface area is 113 Å². The minimum absolute atomic E-state index is 0.165. The monoisotopic (exact) mass is 287 g/mol. The predicted molar refractivity (Wildman–Crippen MR) is 74.6 cm³/mol. The van der Waals surface area contributed by atoms with Crippen molar-refractivity contribution in [3.63, 3.8) is 0 Å². The third kappa shape index (κ3) is 5.87. The van der Waals surface area contributed by atoms with Gasteiger partial charge in [0.1, 0.15) is 9.84 Å². The normalized spacial score (nSPS) is 13.5. The highest BCUT2D eigenvalue weighted by molar-refractivity contribution is 7.90. The molecule has 0 bridgehead atoms. The summed E-state index contributed by atoms with van der Waals surface area (Å²) in [5.74, 6) is -0.176. The molecular weight excluding hydrogens is 266 g/mol. The van der Waals surface area contributed by atoms with Crippen molar-refractivity contribution in [1.82, 2.24) is 10.2 Å². The molecule has 0 saturated carbocycles. The Morgan fingerprint density at radius 3 is 2.58 bits per heavy atom. The van der Waals surface area contributed by atoms with Gasteiger partial charge in [-0.05, 0) is 12.3 Å². The summed E-state index contributed by atoms with van der Waals surface area (Å²) >= 11 is 0. The number of aromatic nitrogens is 2. The Morgan fingerprint density at radius 1 is 1.42 bits per heavy atom. The molecular formula is C12H21N3O3S.